The van der Waals surface area contributed by atoms with E-state index in [-0.39, 0.29) is 12.0 Å². The Bertz CT molecular complexity index is 385. The van der Waals surface area contributed by atoms with Gasteiger partial charge in [0.15, 0.2) is 0 Å². The maximum absolute atomic E-state index is 10.1. The number of halogens is 1. The quantitative estimate of drug-likeness (QED) is 0.860. The second kappa shape index (κ2) is 7.22. The Morgan fingerprint density at radius 1 is 1.37 bits per heavy atom. The highest BCUT2D eigenvalue weighted by Gasteiger charge is 2.32. The van der Waals surface area contributed by atoms with E-state index < -0.39 is 6.10 Å². The molecule has 2 N–H and O–H groups in total. The second-order valence-electron chi connectivity index (χ2n) is 4.82. The maximum atomic E-state index is 10.1. The lowest BCUT2D eigenvalue weighted by Gasteiger charge is -2.33. The fourth-order valence-electron chi connectivity index (χ4n) is 2.23. The summed E-state index contributed by atoms with van der Waals surface area (Å²) >= 11 is 5.83. The lowest BCUT2D eigenvalue weighted by Crippen LogP contribution is -2.48. The molecule has 1 fully saturated rings. The molecule has 0 saturated carbocycles. The second-order valence-corrected chi connectivity index (χ2v) is 5.26. The predicted molar refractivity (Wildman–Crippen MR) is 74.3 cm³/mol. The molecule has 1 aliphatic rings. The zero-order chi connectivity index (χ0) is 13.7. The lowest BCUT2D eigenvalue weighted by atomic mass is 9.96. The van der Waals surface area contributed by atoms with Gasteiger partial charge in [0.1, 0.15) is 6.10 Å². The molecule has 1 aliphatic heterocycles. The van der Waals surface area contributed by atoms with Crippen LogP contribution in [0.3, 0.4) is 0 Å². The Morgan fingerprint density at radius 2 is 2.11 bits per heavy atom. The van der Waals surface area contributed by atoms with Gasteiger partial charge >= 0.3 is 0 Å². The Kier molecular flexibility index (Phi) is 5.60. The lowest BCUT2D eigenvalue weighted by molar-refractivity contribution is -0.133. The molecule has 1 aromatic carbocycles. The summed E-state index contributed by atoms with van der Waals surface area (Å²) in [5, 5.41) is 14.2. The van der Waals surface area contributed by atoms with Crippen LogP contribution in [0.25, 0.3) is 0 Å². The van der Waals surface area contributed by atoms with E-state index >= 15 is 0 Å². The molecular formula is C14H20ClNO3. The van der Waals surface area contributed by atoms with Crippen molar-refractivity contribution < 1.29 is 14.6 Å². The third kappa shape index (κ3) is 4.16. The summed E-state index contributed by atoms with van der Waals surface area (Å²) < 4.78 is 10.6. The van der Waals surface area contributed by atoms with Crippen LogP contribution in [0.15, 0.2) is 24.3 Å². The van der Waals surface area contributed by atoms with Crippen molar-refractivity contribution in [3.63, 3.8) is 0 Å². The average Bonchev–Trinajstić information content (AvgIpc) is 2.43. The predicted octanol–water partition coefficient (Wildman–Crippen LogP) is 1.45. The number of hydrogen-bond donors (Lipinski definition) is 2. The first-order valence-electron chi connectivity index (χ1n) is 6.44. The van der Waals surface area contributed by atoms with Crippen molar-refractivity contribution in [2.75, 3.05) is 26.9 Å². The molecule has 2 rings (SSSR count). The normalized spacial score (nSPS) is 27.4. The van der Waals surface area contributed by atoms with E-state index in [4.69, 9.17) is 21.1 Å². The van der Waals surface area contributed by atoms with Gasteiger partial charge in [0.2, 0.25) is 0 Å². The van der Waals surface area contributed by atoms with Crippen LogP contribution in [0.1, 0.15) is 5.56 Å². The van der Waals surface area contributed by atoms with Gasteiger partial charge in [-0.3, -0.25) is 0 Å². The summed E-state index contributed by atoms with van der Waals surface area (Å²) in [6.07, 6.45) is -0.701. The number of benzene rings is 1. The summed E-state index contributed by atoms with van der Waals surface area (Å²) in [6, 6.07) is 7.72. The van der Waals surface area contributed by atoms with E-state index in [0.29, 0.717) is 19.8 Å². The highest BCUT2D eigenvalue weighted by atomic mass is 35.5. The fraction of sp³-hybridized carbons (Fsp3) is 0.571. The molecule has 106 valence electrons. The minimum absolute atomic E-state index is 0.0611. The van der Waals surface area contributed by atoms with Crippen LogP contribution in [-0.4, -0.2) is 44.2 Å². The van der Waals surface area contributed by atoms with Crippen molar-refractivity contribution >= 4 is 11.6 Å². The maximum Gasteiger partial charge on any atom is 0.107 e. The topological polar surface area (TPSA) is 50.7 Å². The Hall–Kier alpha value is -0.650. The van der Waals surface area contributed by atoms with Crippen molar-refractivity contribution in [1.29, 1.82) is 0 Å². The fourth-order valence-corrected chi connectivity index (χ4v) is 2.35. The van der Waals surface area contributed by atoms with Gasteiger partial charge in [-0.25, -0.2) is 0 Å². The summed E-state index contributed by atoms with van der Waals surface area (Å²) in [5.74, 6) is 0.0611. The molecule has 5 heteroatoms. The zero-order valence-corrected chi connectivity index (χ0v) is 11.8. The van der Waals surface area contributed by atoms with Gasteiger partial charge in [-0.1, -0.05) is 23.7 Å². The van der Waals surface area contributed by atoms with Crippen LogP contribution >= 0.6 is 11.6 Å². The first kappa shape index (κ1) is 14.8. The Morgan fingerprint density at radius 3 is 2.79 bits per heavy atom. The molecule has 0 bridgehead atoms. The largest absolute Gasteiger partial charge is 0.390 e. The number of aliphatic hydroxyl groups excluding tert-OH is 1. The SMILES string of the molecule is CO[C@@H]1COC[C@@H](CNCc2ccc(Cl)cc2)[C@@H]1O. The molecule has 1 saturated heterocycles. The van der Waals surface area contributed by atoms with E-state index in [9.17, 15) is 5.11 Å². The van der Waals surface area contributed by atoms with Crippen LogP contribution in [0.4, 0.5) is 0 Å². The van der Waals surface area contributed by atoms with Gasteiger partial charge in [0.05, 0.1) is 19.3 Å². The van der Waals surface area contributed by atoms with E-state index in [2.05, 4.69) is 5.32 Å². The molecule has 4 nitrogen and oxygen atoms in total. The standard InChI is InChI=1S/C14H20ClNO3/c1-18-13-9-19-8-11(14(13)17)7-16-6-10-2-4-12(15)5-3-10/h2-5,11,13-14,16-17H,6-9H2,1H3/t11-,13-,14+/m1/s1. The van der Waals surface area contributed by atoms with Crippen LogP contribution in [0, 0.1) is 5.92 Å². The molecule has 0 aromatic heterocycles. The third-order valence-electron chi connectivity index (χ3n) is 3.43. The average molecular weight is 286 g/mol. The highest BCUT2D eigenvalue weighted by molar-refractivity contribution is 6.30. The zero-order valence-electron chi connectivity index (χ0n) is 11.0. The number of aliphatic hydroxyl groups is 1. The smallest absolute Gasteiger partial charge is 0.107 e. The highest BCUT2D eigenvalue weighted by Crippen LogP contribution is 2.17. The summed E-state index contributed by atoms with van der Waals surface area (Å²) in [6.45, 7) is 2.47. The molecule has 1 aromatic rings. The van der Waals surface area contributed by atoms with Gasteiger partial charge < -0.3 is 19.9 Å². The minimum Gasteiger partial charge on any atom is -0.390 e. The molecule has 0 unspecified atom stereocenters. The molecule has 0 spiro atoms. The first-order valence-corrected chi connectivity index (χ1v) is 6.82. The Balaban J connectivity index is 1.77. The molecule has 0 aliphatic carbocycles. The van der Waals surface area contributed by atoms with Crippen molar-refractivity contribution in [3.05, 3.63) is 34.9 Å². The first-order chi connectivity index (χ1) is 9.20. The van der Waals surface area contributed by atoms with E-state index in [1.807, 2.05) is 24.3 Å². The summed E-state index contributed by atoms with van der Waals surface area (Å²) in [4.78, 5) is 0. The van der Waals surface area contributed by atoms with Gasteiger partial charge in [-0.05, 0) is 17.7 Å². The summed E-state index contributed by atoms with van der Waals surface area (Å²) in [5.41, 5.74) is 1.17. The van der Waals surface area contributed by atoms with Crippen molar-refractivity contribution in [2.45, 2.75) is 18.8 Å². The third-order valence-corrected chi connectivity index (χ3v) is 3.68. The van der Waals surface area contributed by atoms with Gasteiger partial charge in [-0.2, -0.15) is 0 Å². The number of ether oxygens (including phenoxy) is 2. The molecule has 1 heterocycles. The van der Waals surface area contributed by atoms with E-state index in [1.165, 1.54) is 5.56 Å². The van der Waals surface area contributed by atoms with Crippen LogP contribution < -0.4 is 5.32 Å². The number of hydrogen-bond acceptors (Lipinski definition) is 4. The van der Waals surface area contributed by atoms with E-state index in [0.717, 1.165) is 11.6 Å². The number of methoxy groups -OCH3 is 1. The van der Waals surface area contributed by atoms with E-state index in [1.54, 1.807) is 7.11 Å². The van der Waals surface area contributed by atoms with Crippen LogP contribution in [-0.2, 0) is 16.0 Å². The van der Waals surface area contributed by atoms with Crippen molar-refractivity contribution in [3.8, 4) is 0 Å². The molecule has 19 heavy (non-hydrogen) atoms. The van der Waals surface area contributed by atoms with Gasteiger partial charge in [0.25, 0.3) is 0 Å². The molecule has 0 amide bonds. The van der Waals surface area contributed by atoms with Crippen LogP contribution in [0.5, 0.6) is 0 Å². The Labute approximate surface area is 118 Å². The monoisotopic (exact) mass is 285 g/mol. The minimum atomic E-state index is -0.475. The van der Waals surface area contributed by atoms with Crippen molar-refractivity contribution in [2.24, 2.45) is 5.92 Å². The molecular weight excluding hydrogens is 266 g/mol. The molecule has 0 radical (unpaired) electrons. The van der Waals surface area contributed by atoms with Crippen molar-refractivity contribution in [1.82, 2.24) is 5.32 Å². The number of rotatable bonds is 5. The summed E-state index contributed by atoms with van der Waals surface area (Å²) in [7, 11) is 1.60. The molecule has 3 atom stereocenters. The van der Waals surface area contributed by atoms with Crippen LogP contribution in [0.2, 0.25) is 5.02 Å². The van der Waals surface area contributed by atoms with Gasteiger partial charge in [0, 0.05) is 31.1 Å². The number of nitrogens with one attached hydrogen (secondary N) is 1. The van der Waals surface area contributed by atoms with Gasteiger partial charge in [-0.15, -0.1) is 0 Å².